The van der Waals surface area contributed by atoms with Crippen molar-refractivity contribution in [1.82, 2.24) is 9.80 Å². The highest BCUT2D eigenvalue weighted by Gasteiger charge is 2.48. The summed E-state index contributed by atoms with van der Waals surface area (Å²) in [5.41, 5.74) is -2.31. The lowest BCUT2D eigenvalue weighted by atomic mass is 9.81. The van der Waals surface area contributed by atoms with Crippen molar-refractivity contribution in [2.45, 2.75) is 56.3 Å². The number of morpholine rings is 1. The van der Waals surface area contributed by atoms with Gasteiger partial charge in [0.25, 0.3) is 0 Å². The van der Waals surface area contributed by atoms with E-state index in [1.165, 1.54) is 19.1 Å². The second-order valence-corrected chi connectivity index (χ2v) is 11.0. The number of carbonyl (C=O) groups excluding carboxylic acids is 1. The first-order valence-electron chi connectivity index (χ1n) is 13.6. The Labute approximate surface area is 233 Å². The lowest BCUT2D eigenvalue weighted by Gasteiger charge is -2.39. The molecule has 1 amide bonds. The maximum atomic E-state index is 13.8. The second-order valence-electron chi connectivity index (χ2n) is 11.0. The van der Waals surface area contributed by atoms with Gasteiger partial charge in [0, 0.05) is 37.5 Å². The van der Waals surface area contributed by atoms with Crippen LogP contribution in [0.5, 0.6) is 0 Å². The van der Waals surface area contributed by atoms with Crippen LogP contribution in [0.1, 0.15) is 54.0 Å². The van der Waals surface area contributed by atoms with Crippen molar-refractivity contribution in [1.29, 1.82) is 0 Å². The molecule has 2 aromatic carbocycles. The standard InChI is InChI=1S/C29H31F7N2O3/c1-17(20-12-21(28(31,32)33)15-22(13-20)29(34,35)36)41-25-16-38-7-6-19(27(39)37-8-10-40-11-9-37)14-24(38)26(25)18-2-4-23(30)5-3-18/h2-5,12-13,15,17,19,24-26H,6-11,14,16H2,1H3/t17-,19?,24+,25+,26+/m1/s1. The van der Waals surface area contributed by atoms with Crippen LogP contribution >= 0.6 is 0 Å². The third-order valence-electron chi connectivity index (χ3n) is 8.37. The van der Waals surface area contributed by atoms with Crippen LogP contribution < -0.4 is 0 Å². The third-order valence-corrected chi connectivity index (χ3v) is 8.37. The highest BCUT2D eigenvalue weighted by molar-refractivity contribution is 5.79. The number of hydrogen-bond acceptors (Lipinski definition) is 4. The number of rotatable bonds is 5. The molecule has 3 aliphatic rings. The smallest absolute Gasteiger partial charge is 0.378 e. The Balaban J connectivity index is 1.42. The van der Waals surface area contributed by atoms with Crippen molar-refractivity contribution in [3.05, 3.63) is 70.5 Å². The molecule has 0 spiro atoms. The van der Waals surface area contributed by atoms with Crippen LogP contribution in [0.2, 0.25) is 0 Å². The van der Waals surface area contributed by atoms with Crippen LogP contribution in [0.15, 0.2) is 42.5 Å². The van der Waals surface area contributed by atoms with Gasteiger partial charge < -0.3 is 14.4 Å². The SMILES string of the molecule is C[C@@H](O[C@H]1CN2CCC(C(=O)N3CCOCC3)C[C@H]2[C@@H]1c1ccc(F)cc1)c1cc(C(F)(F)F)cc(C(F)(F)F)c1. The molecular weight excluding hydrogens is 557 g/mol. The number of amides is 1. The van der Waals surface area contributed by atoms with Crippen molar-refractivity contribution >= 4 is 5.91 Å². The van der Waals surface area contributed by atoms with E-state index in [1.807, 2.05) is 0 Å². The number of ether oxygens (including phenoxy) is 2. The number of benzene rings is 2. The minimum Gasteiger partial charge on any atom is -0.378 e. The molecule has 0 saturated carbocycles. The summed E-state index contributed by atoms with van der Waals surface area (Å²) in [6.07, 6.45) is -10.5. The van der Waals surface area contributed by atoms with Crippen LogP contribution in [0.4, 0.5) is 30.7 Å². The van der Waals surface area contributed by atoms with Gasteiger partial charge in [-0.1, -0.05) is 12.1 Å². The van der Waals surface area contributed by atoms with Crippen molar-refractivity contribution < 1.29 is 45.0 Å². The molecule has 224 valence electrons. The molecule has 0 aromatic heterocycles. The molecule has 5 atom stereocenters. The van der Waals surface area contributed by atoms with Crippen LogP contribution in [-0.4, -0.2) is 67.2 Å². The highest BCUT2D eigenvalue weighted by atomic mass is 19.4. The number of alkyl halides is 6. The minimum absolute atomic E-state index is 0.0483. The van der Waals surface area contributed by atoms with Gasteiger partial charge in [0.2, 0.25) is 5.91 Å². The second kappa shape index (κ2) is 11.5. The van der Waals surface area contributed by atoms with Gasteiger partial charge in [0.05, 0.1) is 36.5 Å². The quantitative estimate of drug-likeness (QED) is 0.400. The number of halogens is 7. The number of hydrogen-bond donors (Lipinski definition) is 0. The topological polar surface area (TPSA) is 42.0 Å². The van der Waals surface area contributed by atoms with Gasteiger partial charge in [-0.15, -0.1) is 0 Å². The molecule has 5 nitrogen and oxygen atoms in total. The molecule has 0 N–H and O–H groups in total. The van der Waals surface area contributed by atoms with Crippen LogP contribution in [0.25, 0.3) is 0 Å². The Bertz CT molecular complexity index is 1200. The molecule has 0 bridgehead atoms. The summed E-state index contributed by atoms with van der Waals surface area (Å²) in [5.74, 6) is -1.01. The lowest BCUT2D eigenvalue weighted by Crippen LogP contribution is -2.48. The van der Waals surface area contributed by atoms with E-state index in [9.17, 15) is 35.5 Å². The third kappa shape index (κ3) is 6.54. The summed E-state index contributed by atoms with van der Waals surface area (Å²) in [4.78, 5) is 17.2. The van der Waals surface area contributed by atoms with E-state index < -0.39 is 41.5 Å². The van der Waals surface area contributed by atoms with Crippen molar-refractivity contribution in [3.8, 4) is 0 Å². The molecule has 2 aromatic rings. The predicted molar refractivity (Wildman–Crippen MR) is 134 cm³/mol. The fourth-order valence-corrected chi connectivity index (χ4v) is 6.31. The first kappa shape index (κ1) is 29.8. The largest absolute Gasteiger partial charge is 0.416 e. The van der Waals surface area contributed by atoms with Gasteiger partial charge in [0.15, 0.2) is 0 Å². The summed E-state index contributed by atoms with van der Waals surface area (Å²) in [6, 6.07) is 7.14. The molecule has 0 aliphatic carbocycles. The van der Waals surface area contributed by atoms with Crippen LogP contribution in [0.3, 0.4) is 0 Å². The number of carbonyl (C=O) groups is 1. The first-order chi connectivity index (χ1) is 19.3. The van der Waals surface area contributed by atoms with Crippen LogP contribution in [0, 0.1) is 11.7 Å². The summed E-state index contributed by atoms with van der Waals surface area (Å²) >= 11 is 0. The zero-order valence-corrected chi connectivity index (χ0v) is 22.3. The number of fused-ring (bicyclic) bond motifs is 1. The molecular formula is C29H31F7N2O3. The first-order valence-corrected chi connectivity index (χ1v) is 13.6. The van der Waals surface area contributed by atoms with Crippen molar-refractivity contribution in [3.63, 3.8) is 0 Å². The van der Waals surface area contributed by atoms with Gasteiger partial charge in [-0.05, 0) is 67.8 Å². The molecule has 3 heterocycles. The Morgan fingerprint density at radius 2 is 1.56 bits per heavy atom. The fraction of sp³-hybridized carbons (Fsp3) is 0.552. The van der Waals surface area contributed by atoms with Gasteiger partial charge in [0.1, 0.15) is 5.82 Å². The van der Waals surface area contributed by atoms with E-state index >= 15 is 0 Å². The van der Waals surface area contributed by atoms with Crippen molar-refractivity contribution in [2.75, 3.05) is 39.4 Å². The van der Waals surface area contributed by atoms with Gasteiger partial charge in [-0.25, -0.2) is 4.39 Å². The Hall–Kier alpha value is -2.70. The van der Waals surface area contributed by atoms with E-state index in [0.717, 1.165) is 5.56 Å². The molecule has 5 rings (SSSR count). The highest BCUT2D eigenvalue weighted by Crippen LogP contribution is 2.44. The predicted octanol–water partition coefficient (Wildman–Crippen LogP) is 6.05. The maximum absolute atomic E-state index is 13.8. The Morgan fingerprint density at radius 3 is 2.15 bits per heavy atom. The summed E-state index contributed by atoms with van der Waals surface area (Å²) < 4.78 is 106. The van der Waals surface area contributed by atoms with Gasteiger partial charge >= 0.3 is 12.4 Å². The average Bonchev–Trinajstić information content (AvgIpc) is 3.29. The summed E-state index contributed by atoms with van der Waals surface area (Å²) in [7, 11) is 0. The molecule has 0 radical (unpaired) electrons. The van der Waals surface area contributed by atoms with Crippen molar-refractivity contribution in [2.24, 2.45) is 5.92 Å². The fourth-order valence-electron chi connectivity index (χ4n) is 6.31. The Kier molecular flexibility index (Phi) is 8.37. The number of piperidine rings is 1. The summed E-state index contributed by atoms with van der Waals surface area (Å²) in [5, 5.41) is 0. The molecule has 1 unspecified atom stereocenters. The van der Waals surface area contributed by atoms with E-state index in [4.69, 9.17) is 9.47 Å². The zero-order valence-electron chi connectivity index (χ0n) is 22.3. The molecule has 3 saturated heterocycles. The monoisotopic (exact) mass is 588 g/mol. The van der Waals surface area contributed by atoms with Crippen LogP contribution in [-0.2, 0) is 26.6 Å². The van der Waals surface area contributed by atoms with E-state index in [2.05, 4.69) is 4.90 Å². The van der Waals surface area contributed by atoms with E-state index in [-0.39, 0.29) is 35.4 Å². The molecule has 3 aliphatic heterocycles. The Morgan fingerprint density at radius 1 is 0.951 bits per heavy atom. The minimum atomic E-state index is -4.97. The van der Waals surface area contributed by atoms with Gasteiger partial charge in [-0.2, -0.15) is 26.3 Å². The molecule has 41 heavy (non-hydrogen) atoms. The molecule has 3 fully saturated rings. The van der Waals surface area contributed by atoms with Gasteiger partial charge in [-0.3, -0.25) is 9.69 Å². The lowest BCUT2D eigenvalue weighted by molar-refractivity contribution is -0.143. The van der Waals surface area contributed by atoms with E-state index in [1.54, 1.807) is 17.0 Å². The number of nitrogens with zero attached hydrogens (tertiary/aromatic N) is 2. The average molecular weight is 589 g/mol. The zero-order chi connectivity index (χ0) is 29.5. The maximum Gasteiger partial charge on any atom is 0.416 e. The normalized spacial score (nSPS) is 26.6. The van der Waals surface area contributed by atoms with E-state index in [0.29, 0.717) is 64.4 Å². The summed E-state index contributed by atoms with van der Waals surface area (Å²) in [6.45, 7) is 4.38. The molecule has 12 heteroatoms.